The van der Waals surface area contributed by atoms with Crippen molar-refractivity contribution in [3.63, 3.8) is 0 Å². The van der Waals surface area contributed by atoms with Crippen molar-refractivity contribution < 1.29 is 19.1 Å². The van der Waals surface area contributed by atoms with Gasteiger partial charge in [0, 0.05) is 0 Å². The van der Waals surface area contributed by atoms with Crippen LogP contribution in [0.5, 0.6) is 0 Å². The van der Waals surface area contributed by atoms with Crippen LogP contribution in [0.2, 0.25) is 0 Å². The van der Waals surface area contributed by atoms with Crippen LogP contribution < -0.4 is 10.6 Å². The van der Waals surface area contributed by atoms with Crippen LogP contribution >= 0.6 is 0 Å². The van der Waals surface area contributed by atoms with Crippen LogP contribution in [0.1, 0.15) is 11.1 Å². The molecule has 142 valence electrons. The molecule has 0 heterocycles. The Labute approximate surface area is 163 Å². The summed E-state index contributed by atoms with van der Waals surface area (Å²) in [6.07, 6.45) is -1.23. The van der Waals surface area contributed by atoms with Crippen molar-refractivity contribution in [2.75, 3.05) is 10.6 Å². The molecule has 0 radical (unpaired) electrons. The molecule has 3 aromatic rings. The molecular weight excluding hydrogens is 356 g/mol. The van der Waals surface area contributed by atoms with Gasteiger partial charge < -0.3 is 9.47 Å². The smallest absolute Gasteiger partial charge is 0.412 e. The minimum absolute atomic E-state index is 0.154. The van der Waals surface area contributed by atoms with Gasteiger partial charge in [-0.1, -0.05) is 72.8 Å². The van der Waals surface area contributed by atoms with E-state index in [1.165, 1.54) is 0 Å². The van der Waals surface area contributed by atoms with E-state index < -0.39 is 12.2 Å². The molecular formula is C22H20N2O4. The average Bonchev–Trinajstić information content (AvgIpc) is 2.74. The van der Waals surface area contributed by atoms with E-state index in [0.29, 0.717) is 11.4 Å². The molecule has 0 saturated heterocycles. The number of hydrogen-bond donors (Lipinski definition) is 2. The molecule has 6 heteroatoms. The molecule has 3 aromatic carbocycles. The zero-order valence-corrected chi connectivity index (χ0v) is 15.1. The maximum absolute atomic E-state index is 12.1. The summed E-state index contributed by atoms with van der Waals surface area (Å²) >= 11 is 0. The number of para-hydroxylation sites is 2. The summed E-state index contributed by atoms with van der Waals surface area (Å²) in [4.78, 5) is 24.1. The van der Waals surface area contributed by atoms with Crippen LogP contribution in [0.15, 0.2) is 84.9 Å². The van der Waals surface area contributed by atoms with Crippen molar-refractivity contribution in [3.05, 3.63) is 96.1 Å². The molecule has 3 rings (SSSR count). The molecule has 0 fully saturated rings. The van der Waals surface area contributed by atoms with Gasteiger partial charge in [0.05, 0.1) is 11.4 Å². The highest BCUT2D eigenvalue weighted by Gasteiger charge is 2.11. The third-order valence-electron chi connectivity index (χ3n) is 3.83. The average molecular weight is 376 g/mol. The number of amides is 2. The molecule has 0 aliphatic rings. The predicted octanol–water partition coefficient (Wildman–Crippen LogP) is 5.18. The monoisotopic (exact) mass is 376 g/mol. The fraction of sp³-hybridized carbons (Fsp3) is 0.0909. The van der Waals surface area contributed by atoms with E-state index in [1.54, 1.807) is 24.3 Å². The second-order valence-electron chi connectivity index (χ2n) is 5.92. The summed E-state index contributed by atoms with van der Waals surface area (Å²) in [5.74, 6) is 0. The van der Waals surface area contributed by atoms with E-state index in [9.17, 15) is 9.59 Å². The zero-order valence-electron chi connectivity index (χ0n) is 15.1. The van der Waals surface area contributed by atoms with E-state index >= 15 is 0 Å². The van der Waals surface area contributed by atoms with Gasteiger partial charge in [0.1, 0.15) is 13.2 Å². The van der Waals surface area contributed by atoms with Gasteiger partial charge in [-0.15, -0.1) is 0 Å². The Bertz CT molecular complexity index is 838. The standard InChI is InChI=1S/C22H20N2O4/c25-21(27-15-17-9-3-1-4-10-17)23-19-13-7-8-14-20(19)24-22(26)28-16-18-11-5-2-6-12-18/h1-14H,15-16H2,(H,23,25)(H,24,26). The molecule has 0 aromatic heterocycles. The number of benzene rings is 3. The van der Waals surface area contributed by atoms with Gasteiger partial charge in [-0.2, -0.15) is 0 Å². The lowest BCUT2D eigenvalue weighted by molar-refractivity contribution is 0.154. The van der Waals surface area contributed by atoms with Crippen molar-refractivity contribution in [1.82, 2.24) is 0 Å². The third-order valence-corrected chi connectivity index (χ3v) is 3.83. The molecule has 6 nitrogen and oxygen atoms in total. The second kappa shape index (κ2) is 9.78. The highest BCUT2D eigenvalue weighted by atomic mass is 16.6. The van der Waals surface area contributed by atoms with Crippen molar-refractivity contribution >= 4 is 23.6 Å². The summed E-state index contributed by atoms with van der Waals surface area (Å²) < 4.78 is 10.4. The lowest BCUT2D eigenvalue weighted by Gasteiger charge is -2.13. The number of ether oxygens (including phenoxy) is 2. The van der Waals surface area contributed by atoms with Crippen LogP contribution in [0, 0.1) is 0 Å². The number of hydrogen-bond acceptors (Lipinski definition) is 4. The van der Waals surface area contributed by atoms with Gasteiger partial charge in [-0.3, -0.25) is 10.6 Å². The van der Waals surface area contributed by atoms with Crippen LogP contribution in [-0.2, 0) is 22.7 Å². The van der Waals surface area contributed by atoms with E-state index in [2.05, 4.69) is 10.6 Å². The van der Waals surface area contributed by atoms with Crippen molar-refractivity contribution in [2.24, 2.45) is 0 Å². The first-order chi connectivity index (χ1) is 13.7. The molecule has 28 heavy (non-hydrogen) atoms. The zero-order chi connectivity index (χ0) is 19.6. The van der Waals surface area contributed by atoms with Gasteiger partial charge in [0.2, 0.25) is 0 Å². The molecule has 2 N–H and O–H groups in total. The maximum atomic E-state index is 12.1. The summed E-state index contributed by atoms with van der Waals surface area (Å²) in [5, 5.41) is 5.26. The summed E-state index contributed by atoms with van der Waals surface area (Å²) in [6, 6.07) is 25.5. The van der Waals surface area contributed by atoms with Crippen molar-refractivity contribution in [1.29, 1.82) is 0 Å². The van der Waals surface area contributed by atoms with Crippen molar-refractivity contribution in [2.45, 2.75) is 13.2 Å². The Balaban J connectivity index is 1.53. The van der Waals surface area contributed by atoms with Crippen LogP contribution in [0.25, 0.3) is 0 Å². The van der Waals surface area contributed by atoms with Crippen LogP contribution in [0.3, 0.4) is 0 Å². The Morgan fingerprint density at radius 2 is 0.929 bits per heavy atom. The van der Waals surface area contributed by atoms with Gasteiger partial charge in [0.15, 0.2) is 0 Å². The largest absolute Gasteiger partial charge is 0.444 e. The molecule has 2 amide bonds. The number of carbonyl (C=O) groups is 2. The lowest BCUT2D eigenvalue weighted by atomic mass is 10.2. The highest BCUT2D eigenvalue weighted by Crippen LogP contribution is 2.21. The molecule has 0 aliphatic carbocycles. The Morgan fingerprint density at radius 1 is 0.571 bits per heavy atom. The number of carbonyl (C=O) groups excluding carboxylic acids is 2. The second-order valence-corrected chi connectivity index (χ2v) is 5.92. The van der Waals surface area contributed by atoms with Gasteiger partial charge >= 0.3 is 12.2 Å². The van der Waals surface area contributed by atoms with E-state index in [1.807, 2.05) is 60.7 Å². The first kappa shape index (κ1) is 19.0. The third kappa shape index (κ3) is 5.88. The minimum Gasteiger partial charge on any atom is -0.444 e. The molecule has 0 spiro atoms. The van der Waals surface area contributed by atoms with Crippen LogP contribution in [-0.4, -0.2) is 12.2 Å². The molecule has 0 aliphatic heterocycles. The SMILES string of the molecule is O=C(Nc1ccccc1NC(=O)OCc1ccccc1)OCc1ccccc1. The minimum atomic E-state index is -0.615. The van der Waals surface area contributed by atoms with Crippen LogP contribution in [0.4, 0.5) is 21.0 Å². The Kier molecular flexibility index (Phi) is 6.62. The molecule has 0 unspecified atom stereocenters. The Hall–Kier alpha value is -3.80. The van der Waals surface area contributed by atoms with E-state index in [0.717, 1.165) is 11.1 Å². The summed E-state index contributed by atoms with van der Waals surface area (Å²) in [6.45, 7) is 0.308. The molecule has 0 saturated carbocycles. The number of anilines is 2. The van der Waals surface area contributed by atoms with Gasteiger partial charge in [-0.05, 0) is 23.3 Å². The fourth-order valence-electron chi connectivity index (χ4n) is 2.44. The first-order valence-electron chi connectivity index (χ1n) is 8.75. The van der Waals surface area contributed by atoms with Crippen molar-refractivity contribution in [3.8, 4) is 0 Å². The summed E-state index contributed by atoms with van der Waals surface area (Å²) in [7, 11) is 0. The van der Waals surface area contributed by atoms with E-state index in [4.69, 9.17) is 9.47 Å². The maximum Gasteiger partial charge on any atom is 0.412 e. The summed E-state index contributed by atoms with van der Waals surface area (Å²) in [5.41, 5.74) is 2.59. The van der Waals surface area contributed by atoms with Gasteiger partial charge in [0.25, 0.3) is 0 Å². The fourth-order valence-corrected chi connectivity index (χ4v) is 2.44. The quantitative estimate of drug-likeness (QED) is 0.621. The molecule has 0 atom stereocenters. The lowest BCUT2D eigenvalue weighted by Crippen LogP contribution is -2.18. The normalized spacial score (nSPS) is 10.0. The highest BCUT2D eigenvalue weighted by molar-refractivity contribution is 5.95. The topological polar surface area (TPSA) is 76.7 Å². The molecule has 0 bridgehead atoms. The van der Waals surface area contributed by atoms with Gasteiger partial charge in [-0.25, -0.2) is 9.59 Å². The number of rotatable bonds is 6. The predicted molar refractivity (Wildman–Crippen MR) is 107 cm³/mol. The van der Waals surface area contributed by atoms with E-state index in [-0.39, 0.29) is 13.2 Å². The Morgan fingerprint density at radius 3 is 1.32 bits per heavy atom. The number of nitrogens with one attached hydrogen (secondary N) is 2. The first-order valence-corrected chi connectivity index (χ1v) is 8.75.